The summed E-state index contributed by atoms with van der Waals surface area (Å²) in [5, 5.41) is 0. The van der Waals surface area contributed by atoms with Crippen molar-refractivity contribution in [3.63, 3.8) is 0 Å². The molecule has 0 spiro atoms. The van der Waals surface area contributed by atoms with Gasteiger partial charge in [0, 0.05) is 33.0 Å². The molecule has 4 nitrogen and oxygen atoms in total. The summed E-state index contributed by atoms with van der Waals surface area (Å²) in [4.78, 5) is 0. The van der Waals surface area contributed by atoms with E-state index in [4.69, 9.17) is 18.9 Å². The van der Waals surface area contributed by atoms with Gasteiger partial charge >= 0.3 is 0 Å². The van der Waals surface area contributed by atoms with Crippen LogP contribution < -0.4 is 0 Å². The van der Waals surface area contributed by atoms with E-state index < -0.39 is 0 Å². The minimum Gasteiger partial charge on any atom is -0.382 e. The second kappa shape index (κ2) is 21.1. The molecule has 20 heavy (non-hydrogen) atoms. The fourth-order valence-corrected chi connectivity index (χ4v) is 1.35. The summed E-state index contributed by atoms with van der Waals surface area (Å²) in [7, 11) is 0. The maximum Gasteiger partial charge on any atom is 0.104 e. The first-order valence-electron chi connectivity index (χ1n) is 8.11. The van der Waals surface area contributed by atoms with Gasteiger partial charge in [-0.1, -0.05) is 20.8 Å². The van der Waals surface area contributed by atoms with E-state index in [-0.39, 0.29) is 6.10 Å². The molecule has 0 N–H and O–H groups in total. The summed E-state index contributed by atoms with van der Waals surface area (Å²) >= 11 is 0. The van der Waals surface area contributed by atoms with Crippen molar-refractivity contribution in [1.29, 1.82) is 0 Å². The molecule has 124 valence electrons. The van der Waals surface area contributed by atoms with Crippen LogP contribution in [0.1, 0.15) is 53.9 Å². The maximum absolute atomic E-state index is 5.63. The van der Waals surface area contributed by atoms with Crippen molar-refractivity contribution in [2.24, 2.45) is 0 Å². The molecule has 0 fully saturated rings. The Bertz CT molecular complexity index is 141. The quantitative estimate of drug-likeness (QED) is 0.485. The van der Waals surface area contributed by atoms with E-state index >= 15 is 0 Å². The smallest absolute Gasteiger partial charge is 0.104 e. The first-order valence-corrected chi connectivity index (χ1v) is 8.11. The number of rotatable bonds is 13. The minimum absolute atomic E-state index is 0.100. The Balaban J connectivity index is 0. The third-order valence-electron chi connectivity index (χ3n) is 2.27. The molecule has 0 aromatic heterocycles. The van der Waals surface area contributed by atoms with Gasteiger partial charge in [-0.3, -0.25) is 0 Å². The van der Waals surface area contributed by atoms with Crippen LogP contribution in [0.15, 0.2) is 0 Å². The van der Waals surface area contributed by atoms with Gasteiger partial charge in [-0.05, 0) is 33.1 Å². The molecule has 0 radical (unpaired) electrons. The van der Waals surface area contributed by atoms with E-state index in [1.807, 2.05) is 13.8 Å². The van der Waals surface area contributed by atoms with Crippen LogP contribution in [0.25, 0.3) is 0 Å². The Morgan fingerprint density at radius 3 is 1.35 bits per heavy atom. The summed E-state index contributed by atoms with van der Waals surface area (Å²) in [5.74, 6) is 0. The average Bonchev–Trinajstić information content (AvgIpc) is 2.46. The second-order valence-electron chi connectivity index (χ2n) is 4.42. The van der Waals surface area contributed by atoms with E-state index in [1.54, 1.807) is 0 Å². The average molecular weight is 292 g/mol. The first-order chi connectivity index (χ1) is 9.76. The summed E-state index contributed by atoms with van der Waals surface area (Å²) in [6, 6.07) is 0. The molecule has 0 aliphatic rings. The predicted octanol–water partition coefficient (Wildman–Crippen LogP) is 3.68. The third-order valence-corrected chi connectivity index (χ3v) is 2.27. The molecule has 0 unspecified atom stereocenters. The third kappa shape index (κ3) is 20.2. The van der Waals surface area contributed by atoms with Gasteiger partial charge in [-0.25, -0.2) is 0 Å². The Hall–Kier alpha value is -0.160. The zero-order chi connectivity index (χ0) is 15.5. The highest BCUT2D eigenvalue weighted by atomic mass is 16.6. The van der Waals surface area contributed by atoms with E-state index in [9.17, 15) is 0 Å². The zero-order valence-electron chi connectivity index (χ0n) is 14.3. The van der Waals surface area contributed by atoms with Gasteiger partial charge in [0.1, 0.15) is 6.10 Å². The van der Waals surface area contributed by atoms with Gasteiger partial charge < -0.3 is 18.9 Å². The molecule has 0 heterocycles. The van der Waals surface area contributed by atoms with Gasteiger partial charge in [0.15, 0.2) is 0 Å². The fraction of sp³-hybridized carbons (Fsp3) is 1.00. The molecule has 0 atom stereocenters. The van der Waals surface area contributed by atoms with Crippen molar-refractivity contribution in [2.75, 3.05) is 46.2 Å². The van der Waals surface area contributed by atoms with Crippen molar-refractivity contribution >= 4 is 0 Å². The van der Waals surface area contributed by atoms with Gasteiger partial charge in [0.25, 0.3) is 0 Å². The molecule has 4 heteroatoms. The Labute approximate surface area is 126 Å². The zero-order valence-corrected chi connectivity index (χ0v) is 14.3. The van der Waals surface area contributed by atoms with Crippen LogP contribution in [-0.4, -0.2) is 52.4 Å². The molecule has 0 aromatic carbocycles. The van der Waals surface area contributed by atoms with E-state index in [0.717, 1.165) is 52.3 Å². The van der Waals surface area contributed by atoms with Crippen molar-refractivity contribution in [1.82, 2.24) is 0 Å². The lowest BCUT2D eigenvalue weighted by atomic mass is 10.4. The van der Waals surface area contributed by atoms with Crippen molar-refractivity contribution < 1.29 is 18.9 Å². The standard InChI is InChI=1S/C12H26O3.C4H10O/c1-4-7-13-10-12(15-9-6-3)11-14-8-5-2;1-3-5-4-2/h12H,4-11H2,1-3H3;3-4H2,1-2H3. The summed E-state index contributed by atoms with van der Waals surface area (Å²) in [6.07, 6.45) is 3.24. The normalized spacial score (nSPS) is 10.5. The first kappa shape index (κ1) is 22.1. The number of hydrogen-bond acceptors (Lipinski definition) is 4. The van der Waals surface area contributed by atoms with Gasteiger partial charge in [-0.2, -0.15) is 0 Å². The van der Waals surface area contributed by atoms with Crippen molar-refractivity contribution in [3.8, 4) is 0 Å². The molecule has 0 amide bonds. The monoisotopic (exact) mass is 292 g/mol. The predicted molar refractivity (Wildman–Crippen MR) is 84.4 cm³/mol. The van der Waals surface area contributed by atoms with Crippen LogP contribution in [0.2, 0.25) is 0 Å². The van der Waals surface area contributed by atoms with Crippen LogP contribution in [0.4, 0.5) is 0 Å². The van der Waals surface area contributed by atoms with Crippen LogP contribution in [0.5, 0.6) is 0 Å². The minimum atomic E-state index is 0.100. The van der Waals surface area contributed by atoms with Crippen LogP contribution in [-0.2, 0) is 18.9 Å². The largest absolute Gasteiger partial charge is 0.382 e. The fourth-order valence-electron chi connectivity index (χ4n) is 1.35. The van der Waals surface area contributed by atoms with E-state index in [2.05, 4.69) is 20.8 Å². The van der Waals surface area contributed by atoms with Crippen LogP contribution in [0, 0.1) is 0 Å². The molecule has 0 rings (SSSR count). The topological polar surface area (TPSA) is 36.9 Å². The summed E-state index contributed by atoms with van der Waals surface area (Å²) in [6.45, 7) is 15.7. The Kier molecular flexibility index (Phi) is 23.4. The lowest BCUT2D eigenvalue weighted by Gasteiger charge is -2.17. The lowest BCUT2D eigenvalue weighted by molar-refractivity contribution is -0.0595. The number of hydrogen-bond donors (Lipinski definition) is 0. The van der Waals surface area contributed by atoms with Crippen LogP contribution >= 0.6 is 0 Å². The SMILES string of the molecule is CCCOCC(COCCC)OCCC.CCOCC. The highest BCUT2D eigenvalue weighted by Crippen LogP contribution is 1.98. The van der Waals surface area contributed by atoms with E-state index in [1.165, 1.54) is 0 Å². The second-order valence-corrected chi connectivity index (χ2v) is 4.42. The van der Waals surface area contributed by atoms with Gasteiger partial charge in [-0.15, -0.1) is 0 Å². The summed E-state index contributed by atoms with van der Waals surface area (Å²) in [5.41, 5.74) is 0. The van der Waals surface area contributed by atoms with Crippen molar-refractivity contribution in [2.45, 2.75) is 60.0 Å². The molecular formula is C16H36O4. The van der Waals surface area contributed by atoms with E-state index in [0.29, 0.717) is 13.2 Å². The molecule has 0 aliphatic carbocycles. The number of ether oxygens (including phenoxy) is 4. The summed E-state index contributed by atoms with van der Waals surface area (Å²) < 4.78 is 21.4. The van der Waals surface area contributed by atoms with Gasteiger partial charge in [0.05, 0.1) is 13.2 Å². The molecule has 0 aromatic rings. The van der Waals surface area contributed by atoms with Crippen LogP contribution in [0.3, 0.4) is 0 Å². The molecule has 0 saturated carbocycles. The lowest BCUT2D eigenvalue weighted by Crippen LogP contribution is -2.26. The Morgan fingerprint density at radius 1 is 0.600 bits per heavy atom. The molecule has 0 bridgehead atoms. The molecule has 0 aliphatic heterocycles. The van der Waals surface area contributed by atoms with Gasteiger partial charge in [0.2, 0.25) is 0 Å². The molecular weight excluding hydrogens is 256 g/mol. The highest BCUT2D eigenvalue weighted by Gasteiger charge is 2.08. The maximum atomic E-state index is 5.63. The highest BCUT2D eigenvalue weighted by molar-refractivity contribution is 4.55. The Morgan fingerprint density at radius 2 is 1.05 bits per heavy atom. The molecule has 0 saturated heterocycles. The van der Waals surface area contributed by atoms with Crippen molar-refractivity contribution in [3.05, 3.63) is 0 Å².